The Morgan fingerprint density at radius 1 is 1.06 bits per heavy atom. The van der Waals surface area contributed by atoms with Gasteiger partial charge in [0.1, 0.15) is 5.82 Å². The maximum atomic E-state index is 15.4. The molecule has 0 aliphatic carbocycles. The molecule has 2 aromatic rings. The van der Waals surface area contributed by atoms with Gasteiger partial charge in [-0.1, -0.05) is 6.07 Å². The minimum Gasteiger partial charge on any atom is -0.378 e. The van der Waals surface area contributed by atoms with E-state index in [0.29, 0.717) is 68.8 Å². The van der Waals surface area contributed by atoms with Crippen molar-refractivity contribution in [3.63, 3.8) is 0 Å². The Morgan fingerprint density at radius 2 is 1.86 bits per heavy atom. The first-order chi connectivity index (χ1) is 17.1. The van der Waals surface area contributed by atoms with Crippen molar-refractivity contribution in [1.29, 1.82) is 0 Å². The zero-order valence-corrected chi connectivity index (χ0v) is 19.3. The normalized spacial score (nSPS) is 19.7. The van der Waals surface area contributed by atoms with Crippen LogP contribution in [-0.4, -0.2) is 68.7 Å². The van der Waals surface area contributed by atoms with Crippen LogP contribution in [0.4, 0.5) is 15.8 Å². The van der Waals surface area contributed by atoms with Crippen LogP contribution in [0.5, 0.6) is 0 Å². The van der Waals surface area contributed by atoms with E-state index in [9.17, 15) is 9.59 Å². The van der Waals surface area contributed by atoms with E-state index in [1.54, 1.807) is 35.2 Å². The van der Waals surface area contributed by atoms with Crippen LogP contribution in [0.25, 0.3) is 0 Å². The Labute approximate surface area is 202 Å². The molecule has 35 heavy (non-hydrogen) atoms. The molecule has 3 saturated heterocycles. The van der Waals surface area contributed by atoms with Crippen molar-refractivity contribution in [3.8, 4) is 0 Å². The number of anilines is 2. The van der Waals surface area contributed by atoms with Crippen molar-refractivity contribution < 1.29 is 23.5 Å². The van der Waals surface area contributed by atoms with E-state index in [1.807, 2.05) is 0 Å². The fourth-order valence-electron chi connectivity index (χ4n) is 4.45. The quantitative estimate of drug-likeness (QED) is 0.603. The number of benzene rings is 2. The number of halogens is 1. The first kappa shape index (κ1) is 23.3. The van der Waals surface area contributed by atoms with Crippen molar-refractivity contribution in [2.45, 2.75) is 18.9 Å². The standard InChI is InChI=1S/C25H28FN5O4/c26-20-15-17(23(32)30-25-27-6-7-28-25)14-19(21-5-2-10-35-21)22(20)29-18-4-1-3-16(13-18)24(33)31-8-11-34-12-9-31/h1,3-4,13-15,21,29H,2,5-12H2,(H2,27,28,30,32). The van der Waals surface area contributed by atoms with E-state index >= 15 is 4.39 Å². The summed E-state index contributed by atoms with van der Waals surface area (Å²) in [7, 11) is 0. The molecule has 2 amide bonds. The number of aliphatic imine (C=N–C) groups is 1. The monoisotopic (exact) mass is 481 g/mol. The maximum absolute atomic E-state index is 15.4. The number of guanidine groups is 1. The van der Waals surface area contributed by atoms with Gasteiger partial charge in [-0.3, -0.25) is 9.59 Å². The highest BCUT2D eigenvalue weighted by atomic mass is 19.1. The minimum absolute atomic E-state index is 0.0917. The highest BCUT2D eigenvalue weighted by molar-refractivity contribution is 6.03. The van der Waals surface area contributed by atoms with Gasteiger partial charge >= 0.3 is 0 Å². The second-order valence-electron chi connectivity index (χ2n) is 8.65. The Bertz CT molecular complexity index is 1130. The van der Waals surface area contributed by atoms with Gasteiger partial charge < -0.3 is 30.3 Å². The van der Waals surface area contributed by atoms with Crippen molar-refractivity contribution in [2.24, 2.45) is 4.99 Å². The second-order valence-corrected chi connectivity index (χ2v) is 8.65. The van der Waals surface area contributed by atoms with Gasteiger partial charge in [-0.05, 0) is 43.2 Å². The molecule has 1 unspecified atom stereocenters. The smallest absolute Gasteiger partial charge is 0.280 e. The van der Waals surface area contributed by atoms with Crippen LogP contribution in [0.15, 0.2) is 41.4 Å². The summed E-state index contributed by atoms with van der Waals surface area (Å²) in [5, 5.41) is 9.08. The number of nitrogens with zero attached hydrogens (tertiary/aromatic N) is 2. The summed E-state index contributed by atoms with van der Waals surface area (Å²) in [6.07, 6.45) is 1.23. The summed E-state index contributed by atoms with van der Waals surface area (Å²) in [5.74, 6) is -0.826. The number of carbonyl (C=O) groups excluding carboxylic acids is 2. The van der Waals surface area contributed by atoms with Gasteiger partial charge in [-0.25, -0.2) is 4.39 Å². The highest BCUT2D eigenvalue weighted by Crippen LogP contribution is 2.37. The van der Waals surface area contributed by atoms with Crippen LogP contribution < -0.4 is 16.0 Å². The van der Waals surface area contributed by atoms with E-state index in [0.717, 1.165) is 12.8 Å². The minimum atomic E-state index is -0.584. The average molecular weight is 482 g/mol. The van der Waals surface area contributed by atoms with E-state index in [4.69, 9.17) is 9.47 Å². The summed E-state index contributed by atoms with van der Waals surface area (Å²) < 4.78 is 26.6. The number of hydrogen-bond acceptors (Lipinski definition) is 5. The summed E-state index contributed by atoms with van der Waals surface area (Å²) in [6.45, 7) is 4.04. The van der Waals surface area contributed by atoms with Crippen LogP contribution >= 0.6 is 0 Å². The Balaban J connectivity index is 1.43. The topological polar surface area (TPSA) is 104 Å². The van der Waals surface area contributed by atoms with E-state index in [1.165, 1.54) is 6.07 Å². The predicted molar refractivity (Wildman–Crippen MR) is 129 cm³/mol. The fourth-order valence-corrected chi connectivity index (χ4v) is 4.45. The van der Waals surface area contributed by atoms with Crippen molar-refractivity contribution in [1.82, 2.24) is 15.5 Å². The molecule has 0 spiro atoms. The molecule has 3 heterocycles. The molecule has 184 valence electrons. The van der Waals surface area contributed by atoms with Crippen LogP contribution in [0.2, 0.25) is 0 Å². The molecule has 3 N–H and O–H groups in total. The van der Waals surface area contributed by atoms with E-state index < -0.39 is 11.7 Å². The number of hydrogen-bond donors (Lipinski definition) is 3. The SMILES string of the molecule is O=C(N=C1NCCN1)c1cc(F)c(Nc2cccc(C(=O)N3CCOCC3)c2)c(C2CCCO2)c1. The maximum Gasteiger partial charge on any atom is 0.280 e. The number of rotatable bonds is 5. The predicted octanol–water partition coefficient (Wildman–Crippen LogP) is 2.58. The van der Waals surface area contributed by atoms with Gasteiger partial charge in [0.15, 0.2) is 5.96 Å². The lowest BCUT2D eigenvalue weighted by Crippen LogP contribution is -2.40. The molecular formula is C25H28FN5O4. The number of carbonyl (C=O) groups is 2. The van der Waals surface area contributed by atoms with Crippen LogP contribution in [-0.2, 0) is 9.47 Å². The molecule has 1 atom stereocenters. The van der Waals surface area contributed by atoms with Crippen molar-refractivity contribution in [3.05, 3.63) is 58.9 Å². The van der Waals surface area contributed by atoms with Crippen LogP contribution in [0.1, 0.15) is 45.2 Å². The third-order valence-electron chi connectivity index (χ3n) is 6.24. The van der Waals surface area contributed by atoms with Crippen molar-refractivity contribution >= 4 is 29.1 Å². The van der Waals surface area contributed by atoms with Gasteiger partial charge in [0.25, 0.3) is 11.8 Å². The lowest BCUT2D eigenvalue weighted by molar-refractivity contribution is 0.0303. The first-order valence-corrected chi connectivity index (χ1v) is 11.9. The summed E-state index contributed by atoms with van der Waals surface area (Å²) in [4.78, 5) is 31.4. The largest absolute Gasteiger partial charge is 0.378 e. The molecule has 10 heteroatoms. The van der Waals surface area contributed by atoms with Gasteiger partial charge in [0.05, 0.1) is 25.0 Å². The summed E-state index contributed by atoms with van der Waals surface area (Å²) in [6, 6.07) is 9.81. The molecule has 9 nitrogen and oxygen atoms in total. The molecule has 2 aromatic carbocycles. The van der Waals surface area contributed by atoms with Gasteiger partial charge in [-0.2, -0.15) is 4.99 Å². The number of nitrogens with one attached hydrogen (secondary N) is 3. The lowest BCUT2D eigenvalue weighted by Gasteiger charge is -2.27. The van der Waals surface area contributed by atoms with E-state index in [2.05, 4.69) is 20.9 Å². The van der Waals surface area contributed by atoms with Gasteiger partial charge in [0.2, 0.25) is 0 Å². The third kappa shape index (κ3) is 5.28. The highest BCUT2D eigenvalue weighted by Gasteiger charge is 2.26. The molecular weight excluding hydrogens is 453 g/mol. The molecule has 3 aliphatic heterocycles. The summed E-state index contributed by atoms with van der Waals surface area (Å²) >= 11 is 0. The molecule has 0 bridgehead atoms. The molecule has 3 fully saturated rings. The summed E-state index contributed by atoms with van der Waals surface area (Å²) in [5.41, 5.74) is 2.02. The average Bonchev–Trinajstić information content (AvgIpc) is 3.60. The fraction of sp³-hybridized carbons (Fsp3) is 0.400. The van der Waals surface area contributed by atoms with Crippen LogP contribution in [0, 0.1) is 5.82 Å². The molecule has 0 saturated carbocycles. The number of ether oxygens (including phenoxy) is 2. The molecule has 5 rings (SSSR count). The number of amides is 2. The van der Waals surface area contributed by atoms with Crippen LogP contribution in [0.3, 0.4) is 0 Å². The molecule has 3 aliphatic rings. The zero-order valence-electron chi connectivity index (χ0n) is 19.3. The first-order valence-electron chi connectivity index (χ1n) is 11.9. The van der Waals surface area contributed by atoms with Gasteiger partial charge in [0, 0.05) is 55.2 Å². The van der Waals surface area contributed by atoms with Gasteiger partial charge in [-0.15, -0.1) is 0 Å². The second kappa shape index (κ2) is 10.4. The molecule has 0 radical (unpaired) electrons. The Morgan fingerprint density at radius 3 is 2.60 bits per heavy atom. The Hall–Kier alpha value is -3.50. The van der Waals surface area contributed by atoms with E-state index in [-0.39, 0.29) is 23.3 Å². The number of morpholine rings is 1. The molecule has 0 aromatic heterocycles. The third-order valence-corrected chi connectivity index (χ3v) is 6.24. The zero-order chi connectivity index (χ0) is 24.2. The van der Waals surface area contributed by atoms with Crippen molar-refractivity contribution in [2.75, 3.05) is 51.3 Å². The Kier molecular flexibility index (Phi) is 6.91. The lowest BCUT2D eigenvalue weighted by atomic mass is 10.00.